The Balaban J connectivity index is 2.14. The first-order chi connectivity index (χ1) is 11.0. The number of aromatic nitrogens is 1. The third-order valence-corrected chi connectivity index (χ3v) is 4.65. The Hall–Kier alpha value is -2.44. The second kappa shape index (κ2) is 5.98. The average Bonchev–Trinajstić information content (AvgIpc) is 2.99. The number of nitrogens with zero attached hydrogens (tertiary/aromatic N) is 1. The summed E-state index contributed by atoms with van der Waals surface area (Å²) in [4.78, 5) is 0.240. The first-order valence-corrected chi connectivity index (χ1v) is 8.85. The molecule has 1 aromatic heterocycles. The molecule has 0 spiro atoms. The number of aliphatic hydroxyl groups excluding tert-OH is 1. The lowest BCUT2D eigenvalue weighted by atomic mass is 9.99. The van der Waals surface area contributed by atoms with E-state index in [1.807, 2.05) is 30.3 Å². The number of aliphatic hydroxyl groups is 1. The average molecular weight is 329 g/mol. The van der Waals surface area contributed by atoms with Crippen molar-refractivity contribution in [1.29, 1.82) is 0 Å². The maximum absolute atomic E-state index is 11.6. The van der Waals surface area contributed by atoms with Crippen molar-refractivity contribution in [3.05, 3.63) is 60.4 Å². The molecule has 0 bridgehead atoms. The normalized spacial score (nSPS) is 11.6. The minimum absolute atomic E-state index is 0.240. The fourth-order valence-electron chi connectivity index (χ4n) is 2.39. The highest BCUT2D eigenvalue weighted by atomic mass is 32.2. The molecule has 0 amide bonds. The minimum Gasteiger partial charge on any atom is -0.388 e. The number of benzene rings is 2. The first-order valence-electron chi connectivity index (χ1n) is 6.96. The van der Waals surface area contributed by atoms with Gasteiger partial charge in [0.15, 0.2) is 15.6 Å². The monoisotopic (exact) mass is 329 g/mol. The van der Waals surface area contributed by atoms with E-state index in [1.165, 1.54) is 12.1 Å². The Labute approximate surface area is 134 Å². The minimum atomic E-state index is -3.25. The maximum Gasteiger partial charge on any atom is 0.175 e. The molecule has 0 aliphatic carbocycles. The van der Waals surface area contributed by atoms with Gasteiger partial charge in [-0.05, 0) is 17.7 Å². The van der Waals surface area contributed by atoms with Gasteiger partial charge in [0.25, 0.3) is 0 Å². The highest BCUT2D eigenvalue weighted by molar-refractivity contribution is 7.90. The van der Waals surface area contributed by atoms with Crippen LogP contribution in [0.1, 0.15) is 5.76 Å². The molecule has 0 radical (unpaired) electrons. The summed E-state index contributed by atoms with van der Waals surface area (Å²) in [7, 11) is -3.25. The fraction of sp³-hybridized carbons (Fsp3) is 0.118. The number of rotatable bonds is 4. The third kappa shape index (κ3) is 3.04. The topological polar surface area (TPSA) is 80.4 Å². The summed E-state index contributed by atoms with van der Waals surface area (Å²) in [5.41, 5.74) is 2.88. The summed E-state index contributed by atoms with van der Waals surface area (Å²) in [5.74, 6) is 0.343. The van der Waals surface area contributed by atoms with E-state index < -0.39 is 9.84 Å². The molecule has 0 aliphatic heterocycles. The van der Waals surface area contributed by atoms with Crippen LogP contribution in [0, 0.1) is 0 Å². The van der Waals surface area contributed by atoms with Crippen molar-refractivity contribution in [2.24, 2.45) is 0 Å². The zero-order valence-electron chi connectivity index (χ0n) is 12.4. The molecule has 0 saturated carbocycles. The van der Waals surface area contributed by atoms with E-state index >= 15 is 0 Å². The molecular weight excluding hydrogens is 314 g/mol. The quantitative estimate of drug-likeness (QED) is 0.796. The van der Waals surface area contributed by atoms with Gasteiger partial charge in [0.1, 0.15) is 12.3 Å². The van der Waals surface area contributed by atoms with Gasteiger partial charge in [0.05, 0.1) is 10.5 Å². The summed E-state index contributed by atoms with van der Waals surface area (Å²) in [6.45, 7) is -0.289. The van der Waals surface area contributed by atoms with Gasteiger partial charge in [-0.15, -0.1) is 0 Å². The highest BCUT2D eigenvalue weighted by Crippen LogP contribution is 2.35. The van der Waals surface area contributed by atoms with Crippen LogP contribution in [0.25, 0.3) is 22.4 Å². The van der Waals surface area contributed by atoms with Gasteiger partial charge >= 0.3 is 0 Å². The van der Waals surface area contributed by atoms with Crippen molar-refractivity contribution >= 4 is 9.84 Å². The second-order valence-corrected chi connectivity index (χ2v) is 7.17. The lowest BCUT2D eigenvalue weighted by Crippen LogP contribution is -1.96. The molecule has 118 valence electrons. The lowest BCUT2D eigenvalue weighted by Gasteiger charge is -2.05. The largest absolute Gasteiger partial charge is 0.388 e. The van der Waals surface area contributed by atoms with E-state index in [-0.39, 0.29) is 11.5 Å². The molecule has 0 atom stereocenters. The molecule has 2 aromatic carbocycles. The van der Waals surface area contributed by atoms with Crippen molar-refractivity contribution in [3.8, 4) is 22.4 Å². The van der Waals surface area contributed by atoms with Crippen LogP contribution in [0.5, 0.6) is 0 Å². The van der Waals surface area contributed by atoms with Gasteiger partial charge in [-0.2, -0.15) is 0 Å². The Morgan fingerprint density at radius 3 is 2.22 bits per heavy atom. The molecule has 1 heterocycles. The molecule has 0 saturated heterocycles. The molecule has 5 nitrogen and oxygen atoms in total. The fourth-order valence-corrected chi connectivity index (χ4v) is 3.02. The number of sulfone groups is 1. The Morgan fingerprint density at radius 2 is 1.65 bits per heavy atom. The van der Waals surface area contributed by atoms with Crippen molar-refractivity contribution in [3.63, 3.8) is 0 Å². The zero-order chi connectivity index (χ0) is 16.4. The second-order valence-electron chi connectivity index (χ2n) is 5.15. The molecule has 0 aliphatic rings. The summed E-state index contributed by atoms with van der Waals surface area (Å²) < 4.78 is 28.4. The van der Waals surface area contributed by atoms with Crippen molar-refractivity contribution in [2.45, 2.75) is 11.5 Å². The van der Waals surface area contributed by atoms with Gasteiger partial charge in [0, 0.05) is 11.8 Å². The van der Waals surface area contributed by atoms with Gasteiger partial charge in [-0.25, -0.2) is 8.42 Å². The summed E-state index contributed by atoms with van der Waals surface area (Å²) in [5, 5.41) is 13.5. The molecule has 23 heavy (non-hydrogen) atoms. The van der Waals surface area contributed by atoms with Crippen LogP contribution in [-0.2, 0) is 16.4 Å². The van der Waals surface area contributed by atoms with Crippen LogP contribution < -0.4 is 0 Å². The van der Waals surface area contributed by atoms with E-state index in [1.54, 1.807) is 12.1 Å². The van der Waals surface area contributed by atoms with Crippen LogP contribution in [-0.4, -0.2) is 24.9 Å². The number of hydrogen-bond acceptors (Lipinski definition) is 5. The molecule has 6 heteroatoms. The van der Waals surface area contributed by atoms with Gasteiger partial charge in [-0.3, -0.25) is 0 Å². The summed E-state index contributed by atoms with van der Waals surface area (Å²) >= 11 is 0. The molecule has 0 fully saturated rings. The van der Waals surface area contributed by atoms with Crippen LogP contribution in [0.15, 0.2) is 64.0 Å². The van der Waals surface area contributed by atoms with Crippen molar-refractivity contribution in [2.75, 3.05) is 6.26 Å². The predicted molar refractivity (Wildman–Crippen MR) is 86.4 cm³/mol. The Kier molecular flexibility index (Phi) is 4.02. The summed E-state index contributed by atoms with van der Waals surface area (Å²) in [6.07, 6.45) is 1.16. The molecule has 3 rings (SSSR count). The highest BCUT2D eigenvalue weighted by Gasteiger charge is 2.19. The lowest BCUT2D eigenvalue weighted by molar-refractivity contribution is 0.230. The van der Waals surface area contributed by atoms with Crippen LogP contribution >= 0.6 is 0 Å². The van der Waals surface area contributed by atoms with Gasteiger partial charge in [-0.1, -0.05) is 47.6 Å². The van der Waals surface area contributed by atoms with Crippen LogP contribution in [0.4, 0.5) is 0 Å². The summed E-state index contributed by atoms with van der Waals surface area (Å²) in [6, 6.07) is 15.9. The van der Waals surface area contributed by atoms with E-state index in [0.29, 0.717) is 17.0 Å². The van der Waals surface area contributed by atoms with Crippen LogP contribution in [0.2, 0.25) is 0 Å². The molecule has 0 unspecified atom stereocenters. The van der Waals surface area contributed by atoms with Gasteiger partial charge < -0.3 is 9.63 Å². The smallest absolute Gasteiger partial charge is 0.175 e. The van der Waals surface area contributed by atoms with Crippen molar-refractivity contribution < 1.29 is 18.0 Å². The van der Waals surface area contributed by atoms with E-state index in [4.69, 9.17) is 4.52 Å². The number of hydrogen-bond donors (Lipinski definition) is 1. The van der Waals surface area contributed by atoms with E-state index in [2.05, 4.69) is 5.16 Å². The molecule has 3 aromatic rings. The van der Waals surface area contributed by atoms with E-state index in [0.717, 1.165) is 17.4 Å². The maximum atomic E-state index is 11.6. The van der Waals surface area contributed by atoms with Crippen LogP contribution in [0.3, 0.4) is 0 Å². The Morgan fingerprint density at radius 1 is 1.00 bits per heavy atom. The molecular formula is C17H15NO4S. The standard InChI is InChI=1S/C17H15NO4S/c1-23(20,21)14-9-7-12(8-10-14)16-15(11-19)22-18-17(16)13-5-3-2-4-6-13/h2-10,19H,11H2,1H3. The Bertz CT molecular complexity index is 913. The first kappa shape index (κ1) is 15.5. The van der Waals surface area contributed by atoms with E-state index in [9.17, 15) is 13.5 Å². The zero-order valence-corrected chi connectivity index (χ0v) is 13.2. The predicted octanol–water partition coefficient (Wildman–Crippen LogP) is 2.90. The third-order valence-electron chi connectivity index (χ3n) is 3.52. The SMILES string of the molecule is CS(=O)(=O)c1ccc(-c2c(-c3ccccc3)noc2CO)cc1. The van der Waals surface area contributed by atoms with Gasteiger partial charge in [0.2, 0.25) is 0 Å². The molecule has 1 N–H and O–H groups in total. The van der Waals surface area contributed by atoms with Crippen molar-refractivity contribution in [1.82, 2.24) is 5.16 Å².